The van der Waals surface area contributed by atoms with Crippen molar-refractivity contribution in [2.45, 2.75) is 13.8 Å². The third-order valence-corrected chi connectivity index (χ3v) is 2.75. The van der Waals surface area contributed by atoms with E-state index >= 15 is 0 Å². The van der Waals surface area contributed by atoms with Gasteiger partial charge in [-0.3, -0.25) is 0 Å². The SMILES string of the molecule is CCOc1ncnc(Nc2cc(C#N)ccc2C)c1N. The average molecular weight is 269 g/mol. The van der Waals surface area contributed by atoms with Crippen LogP contribution in [0.5, 0.6) is 5.88 Å². The molecule has 0 spiro atoms. The summed E-state index contributed by atoms with van der Waals surface area (Å²) in [7, 11) is 0. The highest BCUT2D eigenvalue weighted by atomic mass is 16.5. The van der Waals surface area contributed by atoms with Gasteiger partial charge in [-0.2, -0.15) is 10.2 Å². The summed E-state index contributed by atoms with van der Waals surface area (Å²) in [4.78, 5) is 8.08. The number of nitrogen functional groups attached to an aromatic ring is 1. The van der Waals surface area contributed by atoms with Gasteiger partial charge in [0.2, 0.25) is 5.88 Å². The minimum atomic E-state index is 0.344. The fourth-order valence-corrected chi connectivity index (χ4v) is 1.68. The second-order valence-electron chi connectivity index (χ2n) is 4.14. The maximum atomic E-state index is 8.94. The second-order valence-corrected chi connectivity index (χ2v) is 4.14. The Morgan fingerprint density at radius 3 is 2.90 bits per heavy atom. The van der Waals surface area contributed by atoms with Crippen molar-refractivity contribution < 1.29 is 4.74 Å². The van der Waals surface area contributed by atoms with Crippen molar-refractivity contribution in [3.05, 3.63) is 35.7 Å². The summed E-state index contributed by atoms with van der Waals surface area (Å²) in [5.74, 6) is 0.806. The number of nitrogens with zero attached hydrogens (tertiary/aromatic N) is 3. The van der Waals surface area contributed by atoms with Crippen LogP contribution >= 0.6 is 0 Å². The van der Waals surface area contributed by atoms with Gasteiger partial charge in [-0.15, -0.1) is 0 Å². The van der Waals surface area contributed by atoms with Gasteiger partial charge in [-0.05, 0) is 31.5 Å². The number of anilines is 3. The molecule has 1 aromatic carbocycles. The molecule has 0 aliphatic carbocycles. The summed E-state index contributed by atoms with van der Waals surface area (Å²) in [5, 5.41) is 12.0. The maximum Gasteiger partial charge on any atom is 0.242 e. The largest absolute Gasteiger partial charge is 0.476 e. The summed E-state index contributed by atoms with van der Waals surface area (Å²) in [6.45, 7) is 4.27. The Morgan fingerprint density at radius 1 is 1.40 bits per heavy atom. The standard InChI is InChI=1S/C14H15N5O/c1-3-20-14-12(16)13(17-8-18-14)19-11-6-10(7-15)5-4-9(11)2/h4-6,8H,3,16H2,1-2H3,(H,17,18,19). The molecule has 0 fully saturated rings. The minimum Gasteiger partial charge on any atom is -0.476 e. The van der Waals surface area contributed by atoms with E-state index in [2.05, 4.69) is 21.4 Å². The number of aryl methyl sites for hydroxylation is 1. The lowest BCUT2D eigenvalue weighted by molar-refractivity contribution is 0.328. The van der Waals surface area contributed by atoms with Crippen LogP contribution in [0.25, 0.3) is 0 Å². The third-order valence-electron chi connectivity index (χ3n) is 2.75. The van der Waals surface area contributed by atoms with Crippen LogP contribution in [0.1, 0.15) is 18.1 Å². The summed E-state index contributed by atoms with van der Waals surface area (Å²) in [6.07, 6.45) is 1.38. The Balaban J connectivity index is 2.35. The van der Waals surface area contributed by atoms with Crippen LogP contribution < -0.4 is 15.8 Å². The van der Waals surface area contributed by atoms with E-state index in [0.717, 1.165) is 11.3 Å². The number of rotatable bonds is 4. The lowest BCUT2D eigenvalue weighted by Crippen LogP contribution is -2.05. The van der Waals surface area contributed by atoms with Gasteiger partial charge < -0.3 is 15.8 Å². The van der Waals surface area contributed by atoms with Crippen molar-refractivity contribution in [2.75, 3.05) is 17.7 Å². The van der Waals surface area contributed by atoms with E-state index in [4.69, 9.17) is 15.7 Å². The topological polar surface area (TPSA) is 96.9 Å². The predicted octanol–water partition coefficient (Wildman–Crippen LogP) is 2.38. The number of nitrogens with two attached hydrogens (primary N) is 1. The van der Waals surface area contributed by atoms with Gasteiger partial charge in [-0.1, -0.05) is 6.07 Å². The molecule has 0 unspecified atom stereocenters. The van der Waals surface area contributed by atoms with E-state index in [1.807, 2.05) is 19.9 Å². The zero-order valence-corrected chi connectivity index (χ0v) is 11.3. The molecule has 102 valence electrons. The van der Waals surface area contributed by atoms with Crippen LogP contribution in [0.2, 0.25) is 0 Å². The Labute approximate surface area is 117 Å². The quantitative estimate of drug-likeness (QED) is 0.884. The molecule has 1 heterocycles. The molecule has 0 aliphatic rings. The highest BCUT2D eigenvalue weighted by Gasteiger charge is 2.10. The molecule has 6 heteroatoms. The van der Waals surface area contributed by atoms with E-state index in [1.165, 1.54) is 6.33 Å². The van der Waals surface area contributed by atoms with Crippen molar-refractivity contribution in [2.24, 2.45) is 0 Å². The molecule has 0 saturated heterocycles. The fraction of sp³-hybridized carbons (Fsp3) is 0.214. The summed E-state index contributed by atoms with van der Waals surface area (Å²) < 4.78 is 5.32. The predicted molar refractivity (Wildman–Crippen MR) is 76.8 cm³/mol. The minimum absolute atomic E-state index is 0.344. The zero-order chi connectivity index (χ0) is 14.5. The molecular weight excluding hydrogens is 254 g/mol. The lowest BCUT2D eigenvalue weighted by Gasteiger charge is -2.12. The van der Waals surface area contributed by atoms with Crippen LogP contribution in [0, 0.1) is 18.3 Å². The van der Waals surface area contributed by atoms with Crippen LogP contribution in [0.3, 0.4) is 0 Å². The third kappa shape index (κ3) is 2.78. The van der Waals surface area contributed by atoms with E-state index in [9.17, 15) is 0 Å². The number of benzene rings is 1. The Kier molecular flexibility index (Phi) is 4.01. The Hall–Kier alpha value is -2.81. The van der Waals surface area contributed by atoms with Gasteiger partial charge in [0.05, 0.1) is 18.2 Å². The number of ether oxygens (including phenoxy) is 1. The average Bonchev–Trinajstić information content (AvgIpc) is 2.45. The van der Waals surface area contributed by atoms with Crippen LogP contribution in [-0.2, 0) is 0 Å². The van der Waals surface area contributed by atoms with Crippen molar-refractivity contribution in [3.63, 3.8) is 0 Å². The van der Waals surface area contributed by atoms with E-state index in [0.29, 0.717) is 29.6 Å². The number of nitrogens with one attached hydrogen (secondary N) is 1. The van der Waals surface area contributed by atoms with Gasteiger partial charge in [-0.25, -0.2) is 4.98 Å². The number of aromatic nitrogens is 2. The Bertz CT molecular complexity index is 663. The summed E-state index contributed by atoms with van der Waals surface area (Å²) >= 11 is 0. The monoisotopic (exact) mass is 269 g/mol. The normalized spacial score (nSPS) is 9.85. The number of hydrogen-bond donors (Lipinski definition) is 2. The zero-order valence-electron chi connectivity index (χ0n) is 11.3. The van der Waals surface area contributed by atoms with Gasteiger partial charge in [0, 0.05) is 5.69 Å². The summed E-state index contributed by atoms with van der Waals surface area (Å²) in [6, 6.07) is 7.47. The van der Waals surface area contributed by atoms with Crippen molar-refractivity contribution in [3.8, 4) is 11.9 Å². The summed E-state index contributed by atoms with van der Waals surface area (Å²) in [5.41, 5.74) is 8.63. The molecular formula is C14H15N5O. The van der Waals surface area contributed by atoms with E-state index in [-0.39, 0.29) is 0 Å². The van der Waals surface area contributed by atoms with Crippen molar-refractivity contribution in [1.29, 1.82) is 5.26 Å². The molecule has 0 bridgehead atoms. The van der Waals surface area contributed by atoms with Crippen LogP contribution in [0.4, 0.5) is 17.2 Å². The molecule has 0 saturated carbocycles. The lowest BCUT2D eigenvalue weighted by atomic mass is 10.1. The smallest absolute Gasteiger partial charge is 0.242 e. The Morgan fingerprint density at radius 2 is 2.20 bits per heavy atom. The maximum absolute atomic E-state index is 8.94. The van der Waals surface area contributed by atoms with Crippen LogP contribution in [-0.4, -0.2) is 16.6 Å². The molecule has 6 nitrogen and oxygen atoms in total. The molecule has 0 radical (unpaired) electrons. The van der Waals surface area contributed by atoms with Crippen LogP contribution in [0.15, 0.2) is 24.5 Å². The number of hydrogen-bond acceptors (Lipinski definition) is 6. The molecule has 20 heavy (non-hydrogen) atoms. The first-order valence-corrected chi connectivity index (χ1v) is 6.16. The molecule has 1 aromatic heterocycles. The molecule has 0 amide bonds. The van der Waals surface area contributed by atoms with Gasteiger partial charge in [0.1, 0.15) is 12.0 Å². The fourth-order valence-electron chi connectivity index (χ4n) is 1.68. The second kappa shape index (κ2) is 5.89. The highest BCUT2D eigenvalue weighted by molar-refractivity contribution is 5.73. The van der Waals surface area contributed by atoms with Gasteiger partial charge in [0.25, 0.3) is 0 Å². The molecule has 0 atom stereocenters. The van der Waals surface area contributed by atoms with Gasteiger partial charge in [0.15, 0.2) is 5.82 Å². The molecule has 2 rings (SSSR count). The first-order chi connectivity index (χ1) is 9.65. The first kappa shape index (κ1) is 13.6. The first-order valence-electron chi connectivity index (χ1n) is 6.16. The van der Waals surface area contributed by atoms with Crippen molar-refractivity contribution >= 4 is 17.2 Å². The molecule has 2 aromatic rings. The highest BCUT2D eigenvalue weighted by Crippen LogP contribution is 2.28. The number of nitriles is 1. The van der Waals surface area contributed by atoms with E-state index in [1.54, 1.807) is 12.1 Å². The molecule has 0 aliphatic heterocycles. The van der Waals surface area contributed by atoms with Gasteiger partial charge >= 0.3 is 0 Å². The van der Waals surface area contributed by atoms with E-state index < -0.39 is 0 Å². The van der Waals surface area contributed by atoms with Crippen molar-refractivity contribution in [1.82, 2.24) is 9.97 Å². The molecule has 3 N–H and O–H groups in total.